The van der Waals surface area contributed by atoms with Crippen LogP contribution in [0.2, 0.25) is 0 Å². The zero-order valence-electron chi connectivity index (χ0n) is 11.2. The SMILES string of the molecule is COc1ccc(C2CC2c2cccc([N+](=O)[O-])c2)cc1. The second kappa shape index (κ2) is 4.96. The highest BCUT2D eigenvalue weighted by molar-refractivity contribution is 5.43. The highest BCUT2D eigenvalue weighted by Crippen LogP contribution is 2.55. The minimum Gasteiger partial charge on any atom is -0.497 e. The first-order chi connectivity index (χ1) is 9.69. The van der Waals surface area contributed by atoms with Gasteiger partial charge in [0, 0.05) is 12.1 Å². The minimum absolute atomic E-state index is 0.169. The summed E-state index contributed by atoms with van der Waals surface area (Å²) in [5, 5.41) is 10.8. The van der Waals surface area contributed by atoms with Crippen LogP contribution in [0.5, 0.6) is 5.75 Å². The van der Waals surface area contributed by atoms with Gasteiger partial charge in [-0.15, -0.1) is 0 Å². The van der Waals surface area contributed by atoms with Crippen molar-refractivity contribution in [2.45, 2.75) is 18.3 Å². The van der Waals surface area contributed by atoms with E-state index in [0.29, 0.717) is 11.8 Å². The number of hydrogen-bond acceptors (Lipinski definition) is 3. The summed E-state index contributed by atoms with van der Waals surface area (Å²) in [6.45, 7) is 0. The van der Waals surface area contributed by atoms with E-state index in [1.165, 1.54) is 11.6 Å². The zero-order valence-corrected chi connectivity index (χ0v) is 11.2. The monoisotopic (exact) mass is 269 g/mol. The number of nitrogens with zero attached hydrogens (tertiary/aromatic N) is 1. The lowest BCUT2D eigenvalue weighted by molar-refractivity contribution is -0.384. The fourth-order valence-corrected chi connectivity index (χ4v) is 2.65. The molecule has 20 heavy (non-hydrogen) atoms. The number of methoxy groups -OCH3 is 1. The van der Waals surface area contributed by atoms with Gasteiger partial charge in [-0.2, -0.15) is 0 Å². The molecular formula is C16H15NO3. The fraction of sp³-hybridized carbons (Fsp3) is 0.250. The molecule has 102 valence electrons. The van der Waals surface area contributed by atoms with Crippen molar-refractivity contribution >= 4 is 5.69 Å². The molecule has 0 amide bonds. The molecule has 2 atom stereocenters. The van der Waals surface area contributed by atoms with E-state index in [1.54, 1.807) is 19.2 Å². The van der Waals surface area contributed by atoms with Crippen LogP contribution in [0, 0.1) is 10.1 Å². The van der Waals surface area contributed by atoms with Crippen molar-refractivity contribution in [3.8, 4) is 5.75 Å². The van der Waals surface area contributed by atoms with Crippen molar-refractivity contribution in [3.63, 3.8) is 0 Å². The quantitative estimate of drug-likeness (QED) is 0.625. The Morgan fingerprint density at radius 1 is 1.10 bits per heavy atom. The second-order valence-corrected chi connectivity index (χ2v) is 5.07. The average Bonchev–Trinajstić information content (AvgIpc) is 3.28. The van der Waals surface area contributed by atoms with E-state index in [0.717, 1.165) is 17.7 Å². The molecule has 0 aromatic heterocycles. The van der Waals surface area contributed by atoms with E-state index in [4.69, 9.17) is 4.74 Å². The summed E-state index contributed by atoms with van der Waals surface area (Å²) in [5.41, 5.74) is 2.49. The van der Waals surface area contributed by atoms with Crippen LogP contribution in [-0.4, -0.2) is 12.0 Å². The first-order valence-corrected chi connectivity index (χ1v) is 6.57. The normalized spacial score (nSPS) is 20.4. The number of ether oxygens (including phenoxy) is 1. The summed E-state index contributed by atoms with van der Waals surface area (Å²) in [5.74, 6) is 1.70. The van der Waals surface area contributed by atoms with Crippen molar-refractivity contribution < 1.29 is 9.66 Å². The molecule has 1 fully saturated rings. The van der Waals surface area contributed by atoms with Gasteiger partial charge in [-0.3, -0.25) is 10.1 Å². The standard InChI is InChI=1S/C16H15NO3/c1-20-14-7-5-11(6-8-14)15-10-16(15)12-3-2-4-13(9-12)17(18)19/h2-9,15-16H,10H2,1H3. The van der Waals surface area contributed by atoms with Gasteiger partial charge in [0.05, 0.1) is 12.0 Å². The summed E-state index contributed by atoms with van der Waals surface area (Å²) in [6.07, 6.45) is 1.05. The Morgan fingerprint density at radius 3 is 2.45 bits per heavy atom. The summed E-state index contributed by atoms with van der Waals surface area (Å²) in [4.78, 5) is 10.5. The largest absolute Gasteiger partial charge is 0.497 e. The van der Waals surface area contributed by atoms with E-state index in [2.05, 4.69) is 12.1 Å². The molecule has 1 aliphatic rings. The van der Waals surface area contributed by atoms with Crippen LogP contribution in [0.3, 0.4) is 0 Å². The lowest BCUT2D eigenvalue weighted by Gasteiger charge is -2.03. The molecule has 4 nitrogen and oxygen atoms in total. The van der Waals surface area contributed by atoms with Gasteiger partial charge in [0.15, 0.2) is 0 Å². The predicted molar refractivity (Wildman–Crippen MR) is 76.2 cm³/mol. The molecule has 0 aliphatic heterocycles. The first-order valence-electron chi connectivity index (χ1n) is 6.57. The molecule has 0 heterocycles. The van der Waals surface area contributed by atoms with E-state index in [-0.39, 0.29) is 10.6 Å². The zero-order chi connectivity index (χ0) is 14.1. The van der Waals surface area contributed by atoms with Gasteiger partial charge in [0.25, 0.3) is 5.69 Å². The predicted octanol–water partition coefficient (Wildman–Crippen LogP) is 3.87. The third-order valence-corrected chi connectivity index (χ3v) is 3.84. The molecule has 2 aromatic carbocycles. The van der Waals surface area contributed by atoms with Crippen molar-refractivity contribution in [1.29, 1.82) is 0 Å². The highest BCUT2D eigenvalue weighted by Gasteiger charge is 2.39. The topological polar surface area (TPSA) is 52.4 Å². The number of benzene rings is 2. The number of nitro benzene ring substituents is 1. The van der Waals surface area contributed by atoms with Crippen LogP contribution in [0.1, 0.15) is 29.4 Å². The van der Waals surface area contributed by atoms with Crippen LogP contribution in [0.25, 0.3) is 0 Å². The van der Waals surface area contributed by atoms with Gasteiger partial charge in [0.2, 0.25) is 0 Å². The molecule has 0 radical (unpaired) electrons. The molecule has 0 saturated heterocycles. The smallest absolute Gasteiger partial charge is 0.269 e. The summed E-state index contributed by atoms with van der Waals surface area (Å²) in [7, 11) is 1.65. The summed E-state index contributed by atoms with van der Waals surface area (Å²) < 4.78 is 5.15. The van der Waals surface area contributed by atoms with Gasteiger partial charge < -0.3 is 4.74 Å². The molecule has 4 heteroatoms. The number of rotatable bonds is 4. The van der Waals surface area contributed by atoms with Crippen molar-refractivity contribution in [3.05, 3.63) is 69.8 Å². The Balaban J connectivity index is 1.78. The second-order valence-electron chi connectivity index (χ2n) is 5.07. The Labute approximate surface area is 117 Å². The number of non-ortho nitro benzene ring substituents is 1. The molecule has 0 spiro atoms. The summed E-state index contributed by atoms with van der Waals surface area (Å²) >= 11 is 0. The van der Waals surface area contributed by atoms with Crippen molar-refractivity contribution in [2.75, 3.05) is 7.11 Å². The molecule has 2 unspecified atom stereocenters. The van der Waals surface area contributed by atoms with Gasteiger partial charge in [-0.25, -0.2) is 0 Å². The Morgan fingerprint density at radius 2 is 1.80 bits per heavy atom. The number of nitro groups is 1. The molecule has 3 rings (SSSR count). The van der Waals surface area contributed by atoms with Crippen LogP contribution < -0.4 is 4.74 Å². The maximum Gasteiger partial charge on any atom is 0.269 e. The summed E-state index contributed by atoms with van der Waals surface area (Å²) in [6, 6.07) is 15.0. The highest BCUT2D eigenvalue weighted by atomic mass is 16.6. The average molecular weight is 269 g/mol. The van der Waals surface area contributed by atoms with Crippen LogP contribution in [0.4, 0.5) is 5.69 Å². The Bertz CT molecular complexity index is 636. The third-order valence-electron chi connectivity index (χ3n) is 3.84. The van der Waals surface area contributed by atoms with Crippen molar-refractivity contribution in [2.24, 2.45) is 0 Å². The van der Waals surface area contributed by atoms with E-state index < -0.39 is 0 Å². The van der Waals surface area contributed by atoms with Gasteiger partial charge in [-0.05, 0) is 41.5 Å². The maximum atomic E-state index is 10.8. The van der Waals surface area contributed by atoms with Gasteiger partial charge in [-0.1, -0.05) is 24.3 Å². The van der Waals surface area contributed by atoms with E-state index in [9.17, 15) is 10.1 Å². The first kappa shape index (κ1) is 12.7. The fourth-order valence-electron chi connectivity index (χ4n) is 2.65. The number of hydrogen-bond donors (Lipinski definition) is 0. The third kappa shape index (κ3) is 2.37. The Kier molecular flexibility index (Phi) is 3.14. The Hall–Kier alpha value is -2.36. The van der Waals surface area contributed by atoms with Crippen molar-refractivity contribution in [1.82, 2.24) is 0 Å². The van der Waals surface area contributed by atoms with Gasteiger partial charge in [0.1, 0.15) is 5.75 Å². The molecule has 0 N–H and O–H groups in total. The van der Waals surface area contributed by atoms with E-state index in [1.807, 2.05) is 18.2 Å². The molecule has 0 bridgehead atoms. The lowest BCUT2D eigenvalue weighted by atomic mass is 10.0. The minimum atomic E-state index is -0.339. The van der Waals surface area contributed by atoms with Crippen LogP contribution >= 0.6 is 0 Å². The van der Waals surface area contributed by atoms with Crippen LogP contribution in [-0.2, 0) is 0 Å². The maximum absolute atomic E-state index is 10.8. The lowest BCUT2D eigenvalue weighted by Crippen LogP contribution is -1.90. The molecule has 2 aromatic rings. The molecule has 1 aliphatic carbocycles. The molecule has 1 saturated carbocycles. The molecular weight excluding hydrogens is 254 g/mol. The van der Waals surface area contributed by atoms with Crippen LogP contribution in [0.15, 0.2) is 48.5 Å². The van der Waals surface area contributed by atoms with Gasteiger partial charge >= 0.3 is 0 Å². The van der Waals surface area contributed by atoms with E-state index >= 15 is 0 Å².